The number of halogens is 1. The van der Waals surface area contributed by atoms with Crippen molar-refractivity contribution in [2.45, 2.75) is 45.7 Å². The maximum atomic E-state index is 11.8. The Morgan fingerprint density at radius 3 is 2.71 bits per heavy atom. The molecule has 4 nitrogen and oxygen atoms in total. The standard InChI is InChI=1S/C12H25N3O.ClH/c1-4-5-14-12(16)10(3)15-8-11(7-13)6-9(15)2;/h9-11H,4-8,13H2,1-3H3,(H,14,16);1H. The summed E-state index contributed by atoms with van der Waals surface area (Å²) < 4.78 is 0. The predicted molar refractivity (Wildman–Crippen MR) is 73.3 cm³/mol. The minimum atomic E-state index is -0.0295. The fraction of sp³-hybridized carbons (Fsp3) is 0.917. The summed E-state index contributed by atoms with van der Waals surface area (Å²) in [6.07, 6.45) is 2.10. The molecule has 1 fully saturated rings. The molecule has 1 saturated heterocycles. The third-order valence-corrected chi connectivity index (χ3v) is 3.47. The van der Waals surface area contributed by atoms with Crippen molar-refractivity contribution in [1.29, 1.82) is 0 Å². The van der Waals surface area contributed by atoms with Crippen LogP contribution in [0.2, 0.25) is 0 Å². The minimum Gasteiger partial charge on any atom is -0.355 e. The molecule has 3 atom stereocenters. The highest BCUT2D eigenvalue weighted by molar-refractivity contribution is 5.85. The van der Waals surface area contributed by atoms with E-state index >= 15 is 0 Å². The predicted octanol–water partition coefficient (Wildman–Crippen LogP) is 0.992. The highest BCUT2D eigenvalue weighted by Gasteiger charge is 2.33. The number of rotatable bonds is 5. The normalized spacial score (nSPS) is 26.4. The Hall–Kier alpha value is -0.320. The first kappa shape index (κ1) is 16.7. The van der Waals surface area contributed by atoms with Crippen LogP contribution in [0.3, 0.4) is 0 Å². The SMILES string of the molecule is CCCNC(=O)C(C)N1CC(CN)CC1C.Cl. The van der Waals surface area contributed by atoms with Gasteiger partial charge in [-0.3, -0.25) is 9.69 Å². The molecular formula is C12H26ClN3O. The molecule has 1 rings (SSSR count). The molecule has 0 saturated carbocycles. The van der Waals surface area contributed by atoms with Gasteiger partial charge in [0.2, 0.25) is 5.91 Å². The average molecular weight is 264 g/mol. The van der Waals surface area contributed by atoms with Crippen LogP contribution in [0.15, 0.2) is 0 Å². The fourth-order valence-electron chi connectivity index (χ4n) is 2.43. The second kappa shape index (κ2) is 7.90. The first-order chi connectivity index (χ1) is 7.60. The van der Waals surface area contributed by atoms with E-state index in [0.29, 0.717) is 12.0 Å². The third kappa shape index (κ3) is 4.45. The monoisotopic (exact) mass is 263 g/mol. The molecule has 0 bridgehead atoms. The molecule has 0 spiro atoms. The molecule has 0 radical (unpaired) electrons. The molecule has 1 aliphatic heterocycles. The molecule has 5 heteroatoms. The molecule has 0 aromatic carbocycles. The van der Waals surface area contributed by atoms with Gasteiger partial charge < -0.3 is 11.1 Å². The van der Waals surface area contributed by atoms with Gasteiger partial charge in [-0.05, 0) is 39.2 Å². The summed E-state index contributed by atoms with van der Waals surface area (Å²) in [6.45, 7) is 8.68. The summed E-state index contributed by atoms with van der Waals surface area (Å²) in [7, 11) is 0. The number of hydrogen-bond acceptors (Lipinski definition) is 3. The number of nitrogens with two attached hydrogens (primary N) is 1. The fourth-order valence-corrected chi connectivity index (χ4v) is 2.43. The molecule has 0 aromatic rings. The van der Waals surface area contributed by atoms with E-state index in [9.17, 15) is 4.79 Å². The smallest absolute Gasteiger partial charge is 0.237 e. The highest BCUT2D eigenvalue weighted by Crippen LogP contribution is 2.24. The van der Waals surface area contributed by atoms with Gasteiger partial charge in [-0.2, -0.15) is 0 Å². The van der Waals surface area contributed by atoms with Gasteiger partial charge >= 0.3 is 0 Å². The van der Waals surface area contributed by atoms with Crippen molar-refractivity contribution >= 4 is 18.3 Å². The molecule has 1 aliphatic rings. The summed E-state index contributed by atoms with van der Waals surface area (Å²) >= 11 is 0. The van der Waals surface area contributed by atoms with Gasteiger partial charge in [0.05, 0.1) is 6.04 Å². The topological polar surface area (TPSA) is 58.4 Å². The van der Waals surface area contributed by atoms with Crippen molar-refractivity contribution in [3.8, 4) is 0 Å². The molecule has 1 heterocycles. The lowest BCUT2D eigenvalue weighted by Crippen LogP contribution is -2.46. The average Bonchev–Trinajstić information content (AvgIpc) is 2.66. The Kier molecular flexibility index (Phi) is 7.75. The van der Waals surface area contributed by atoms with Crippen molar-refractivity contribution in [2.75, 3.05) is 19.6 Å². The van der Waals surface area contributed by atoms with E-state index in [2.05, 4.69) is 24.1 Å². The van der Waals surface area contributed by atoms with E-state index in [4.69, 9.17) is 5.73 Å². The first-order valence-corrected chi connectivity index (χ1v) is 6.33. The van der Waals surface area contributed by atoms with Gasteiger partial charge in [-0.25, -0.2) is 0 Å². The summed E-state index contributed by atoms with van der Waals surface area (Å²) in [4.78, 5) is 14.1. The molecule has 0 aliphatic carbocycles. The lowest BCUT2D eigenvalue weighted by molar-refractivity contribution is -0.126. The first-order valence-electron chi connectivity index (χ1n) is 6.33. The maximum absolute atomic E-state index is 11.8. The molecule has 17 heavy (non-hydrogen) atoms. The van der Waals surface area contributed by atoms with Gasteiger partial charge in [0.15, 0.2) is 0 Å². The molecule has 102 valence electrons. The van der Waals surface area contributed by atoms with Crippen LogP contribution in [0.5, 0.6) is 0 Å². The third-order valence-electron chi connectivity index (χ3n) is 3.47. The van der Waals surface area contributed by atoms with E-state index in [1.54, 1.807) is 0 Å². The van der Waals surface area contributed by atoms with Crippen LogP contribution >= 0.6 is 12.4 Å². The summed E-state index contributed by atoms with van der Waals surface area (Å²) in [5.41, 5.74) is 5.69. The van der Waals surface area contributed by atoms with Crippen molar-refractivity contribution in [3.05, 3.63) is 0 Å². The maximum Gasteiger partial charge on any atom is 0.237 e. The van der Waals surface area contributed by atoms with Crippen molar-refractivity contribution in [1.82, 2.24) is 10.2 Å². The number of carbonyl (C=O) groups excluding carboxylic acids is 1. The van der Waals surface area contributed by atoms with Crippen LogP contribution < -0.4 is 11.1 Å². The van der Waals surface area contributed by atoms with Crippen molar-refractivity contribution in [3.63, 3.8) is 0 Å². The number of likely N-dealkylation sites (tertiary alicyclic amines) is 1. The van der Waals surface area contributed by atoms with Gasteiger partial charge in [-0.1, -0.05) is 6.92 Å². The van der Waals surface area contributed by atoms with E-state index in [1.807, 2.05) is 6.92 Å². The molecule has 1 amide bonds. The second-order valence-corrected chi connectivity index (χ2v) is 4.85. The van der Waals surface area contributed by atoms with Gasteiger partial charge in [0.1, 0.15) is 0 Å². The Balaban J connectivity index is 0.00000256. The van der Waals surface area contributed by atoms with Crippen LogP contribution in [0.1, 0.15) is 33.6 Å². The zero-order valence-electron chi connectivity index (χ0n) is 11.1. The van der Waals surface area contributed by atoms with E-state index in [1.165, 1.54) is 0 Å². The Labute approximate surface area is 111 Å². The van der Waals surface area contributed by atoms with Gasteiger partial charge in [0.25, 0.3) is 0 Å². The second-order valence-electron chi connectivity index (χ2n) is 4.85. The Morgan fingerprint density at radius 1 is 1.59 bits per heavy atom. The van der Waals surface area contributed by atoms with Crippen LogP contribution in [-0.2, 0) is 4.79 Å². The molecular weight excluding hydrogens is 238 g/mol. The number of nitrogens with zero attached hydrogens (tertiary/aromatic N) is 1. The van der Waals surface area contributed by atoms with E-state index in [-0.39, 0.29) is 24.4 Å². The minimum absolute atomic E-state index is 0. The lowest BCUT2D eigenvalue weighted by Gasteiger charge is -2.27. The van der Waals surface area contributed by atoms with Gasteiger partial charge in [-0.15, -0.1) is 12.4 Å². The molecule has 3 unspecified atom stereocenters. The zero-order chi connectivity index (χ0) is 12.1. The molecule has 3 N–H and O–H groups in total. The summed E-state index contributed by atoms with van der Waals surface area (Å²) in [6, 6.07) is 0.439. The lowest BCUT2D eigenvalue weighted by atomic mass is 10.1. The Morgan fingerprint density at radius 2 is 2.24 bits per heavy atom. The summed E-state index contributed by atoms with van der Waals surface area (Å²) in [5, 5.41) is 2.95. The van der Waals surface area contributed by atoms with Crippen LogP contribution in [0.4, 0.5) is 0 Å². The van der Waals surface area contributed by atoms with Crippen molar-refractivity contribution in [2.24, 2.45) is 11.7 Å². The number of amides is 1. The van der Waals surface area contributed by atoms with Crippen molar-refractivity contribution < 1.29 is 4.79 Å². The largest absolute Gasteiger partial charge is 0.355 e. The quantitative estimate of drug-likeness (QED) is 0.778. The van der Waals surface area contributed by atoms with Gasteiger partial charge in [0, 0.05) is 19.1 Å². The number of carbonyl (C=O) groups is 1. The van der Waals surface area contributed by atoms with Crippen LogP contribution in [0.25, 0.3) is 0 Å². The van der Waals surface area contributed by atoms with Crippen LogP contribution in [0, 0.1) is 5.92 Å². The number of hydrogen-bond donors (Lipinski definition) is 2. The zero-order valence-corrected chi connectivity index (χ0v) is 11.9. The molecule has 0 aromatic heterocycles. The number of nitrogens with one attached hydrogen (secondary N) is 1. The Bertz CT molecular complexity index is 238. The highest BCUT2D eigenvalue weighted by atomic mass is 35.5. The van der Waals surface area contributed by atoms with Crippen LogP contribution in [-0.4, -0.2) is 42.5 Å². The summed E-state index contributed by atoms with van der Waals surface area (Å²) in [5.74, 6) is 0.697. The van der Waals surface area contributed by atoms with E-state index in [0.717, 1.165) is 32.5 Å². The van der Waals surface area contributed by atoms with E-state index < -0.39 is 0 Å².